The van der Waals surface area contributed by atoms with Gasteiger partial charge in [-0.25, -0.2) is 8.42 Å². The zero-order chi connectivity index (χ0) is 29.0. The van der Waals surface area contributed by atoms with Crippen molar-refractivity contribution in [3.63, 3.8) is 0 Å². The lowest BCUT2D eigenvalue weighted by Crippen LogP contribution is -2.54. The molecule has 0 unspecified atom stereocenters. The van der Waals surface area contributed by atoms with Gasteiger partial charge in [0.2, 0.25) is 11.8 Å². The third-order valence-electron chi connectivity index (χ3n) is 5.97. The van der Waals surface area contributed by atoms with Crippen LogP contribution in [0.2, 0.25) is 5.02 Å². The van der Waals surface area contributed by atoms with E-state index in [4.69, 9.17) is 11.6 Å². The van der Waals surface area contributed by atoms with Crippen molar-refractivity contribution >= 4 is 55.1 Å². The molecule has 3 aromatic rings. The van der Waals surface area contributed by atoms with Crippen molar-refractivity contribution in [3.05, 3.63) is 93.4 Å². The Morgan fingerprint density at radius 3 is 2.18 bits per heavy atom. The molecule has 1 N–H and O–H groups in total. The zero-order valence-corrected chi connectivity index (χ0v) is 25.8. The SMILES string of the molecule is Cc1cc(Cl)ccc1N(CC(=O)N(Cc1ccc(Br)cc1)[C@@H](C)C(=O)NC(C)(C)C)S(=O)(=O)c1ccccc1. The second-order valence-electron chi connectivity index (χ2n) is 10.3. The van der Waals surface area contributed by atoms with E-state index in [0.717, 1.165) is 14.3 Å². The van der Waals surface area contributed by atoms with Crippen molar-refractivity contribution in [2.75, 3.05) is 10.8 Å². The van der Waals surface area contributed by atoms with Crippen LogP contribution in [-0.2, 0) is 26.2 Å². The minimum atomic E-state index is -4.14. The van der Waals surface area contributed by atoms with Gasteiger partial charge >= 0.3 is 0 Å². The molecule has 0 bridgehead atoms. The van der Waals surface area contributed by atoms with Gasteiger partial charge in [0.1, 0.15) is 12.6 Å². The van der Waals surface area contributed by atoms with E-state index < -0.39 is 34.1 Å². The normalized spacial score (nSPS) is 12.5. The second-order valence-corrected chi connectivity index (χ2v) is 13.5. The number of carbonyl (C=O) groups excluding carboxylic acids is 2. The van der Waals surface area contributed by atoms with Crippen molar-refractivity contribution in [1.82, 2.24) is 10.2 Å². The molecule has 0 aromatic heterocycles. The largest absolute Gasteiger partial charge is 0.350 e. The molecule has 0 aliphatic heterocycles. The topological polar surface area (TPSA) is 86.8 Å². The van der Waals surface area contributed by atoms with Crippen molar-refractivity contribution in [2.45, 2.75) is 57.6 Å². The third-order valence-corrected chi connectivity index (χ3v) is 8.51. The summed E-state index contributed by atoms with van der Waals surface area (Å²) in [6, 6.07) is 19.3. The van der Waals surface area contributed by atoms with E-state index in [1.165, 1.54) is 17.0 Å². The summed E-state index contributed by atoms with van der Waals surface area (Å²) in [6.07, 6.45) is 0. The molecular weight excluding hydrogens is 602 g/mol. The maximum absolute atomic E-state index is 14.0. The number of nitrogens with one attached hydrogen (secondary N) is 1. The molecule has 208 valence electrons. The summed E-state index contributed by atoms with van der Waals surface area (Å²) in [6.45, 7) is 8.55. The molecule has 0 aliphatic rings. The van der Waals surface area contributed by atoms with Gasteiger partial charge in [-0.2, -0.15) is 0 Å². The standard InChI is InChI=1S/C29H33BrClN3O4S/c1-20-17-24(31)15-16-26(20)34(39(37,38)25-9-7-6-8-10-25)19-27(35)33(18-22-11-13-23(30)14-12-22)21(2)28(36)32-29(3,4)5/h6-17,21H,18-19H2,1-5H3,(H,32,36)/t21-/m0/s1. The van der Waals surface area contributed by atoms with Gasteiger partial charge < -0.3 is 10.2 Å². The van der Waals surface area contributed by atoms with Crippen LogP contribution in [0.1, 0.15) is 38.8 Å². The highest BCUT2D eigenvalue weighted by Crippen LogP contribution is 2.29. The van der Waals surface area contributed by atoms with Crippen LogP contribution in [0.25, 0.3) is 0 Å². The highest BCUT2D eigenvalue weighted by Gasteiger charge is 2.33. The Bertz CT molecular complexity index is 1430. The molecule has 2 amide bonds. The van der Waals surface area contributed by atoms with E-state index >= 15 is 0 Å². The maximum Gasteiger partial charge on any atom is 0.264 e. The van der Waals surface area contributed by atoms with Gasteiger partial charge in [0, 0.05) is 21.6 Å². The smallest absolute Gasteiger partial charge is 0.264 e. The van der Waals surface area contributed by atoms with Crippen LogP contribution >= 0.6 is 27.5 Å². The van der Waals surface area contributed by atoms with Gasteiger partial charge in [-0.05, 0) is 88.2 Å². The van der Waals surface area contributed by atoms with Crippen LogP contribution in [0.3, 0.4) is 0 Å². The number of amides is 2. The Balaban J connectivity index is 2.05. The first-order chi connectivity index (χ1) is 18.2. The highest BCUT2D eigenvalue weighted by atomic mass is 79.9. The highest BCUT2D eigenvalue weighted by molar-refractivity contribution is 9.10. The molecule has 3 aromatic carbocycles. The number of carbonyl (C=O) groups is 2. The van der Waals surface area contributed by atoms with Crippen LogP contribution in [0.4, 0.5) is 5.69 Å². The molecule has 0 fully saturated rings. The van der Waals surface area contributed by atoms with Crippen molar-refractivity contribution in [2.24, 2.45) is 0 Å². The second kappa shape index (κ2) is 12.5. The first kappa shape index (κ1) is 30.7. The Hall–Kier alpha value is -2.88. The van der Waals surface area contributed by atoms with E-state index in [9.17, 15) is 18.0 Å². The molecule has 7 nitrogen and oxygen atoms in total. The van der Waals surface area contributed by atoms with Gasteiger partial charge in [0.05, 0.1) is 10.6 Å². The van der Waals surface area contributed by atoms with Crippen LogP contribution in [0.15, 0.2) is 82.2 Å². The number of sulfonamides is 1. The average Bonchev–Trinajstić information content (AvgIpc) is 2.86. The van der Waals surface area contributed by atoms with Gasteiger partial charge in [0.25, 0.3) is 10.0 Å². The van der Waals surface area contributed by atoms with Crippen molar-refractivity contribution in [3.8, 4) is 0 Å². The summed E-state index contributed by atoms with van der Waals surface area (Å²) >= 11 is 9.56. The van der Waals surface area contributed by atoms with Crippen LogP contribution in [0, 0.1) is 6.92 Å². The van der Waals surface area contributed by atoms with Gasteiger partial charge in [-0.1, -0.05) is 57.9 Å². The van der Waals surface area contributed by atoms with E-state index in [1.54, 1.807) is 50.2 Å². The zero-order valence-electron chi connectivity index (χ0n) is 22.6. The number of hydrogen-bond donors (Lipinski definition) is 1. The lowest BCUT2D eigenvalue weighted by Gasteiger charge is -2.34. The number of rotatable bonds is 9. The monoisotopic (exact) mass is 633 g/mol. The number of aryl methyl sites for hydroxylation is 1. The molecule has 0 saturated carbocycles. The fourth-order valence-corrected chi connectivity index (χ4v) is 5.97. The number of hydrogen-bond acceptors (Lipinski definition) is 4. The fraction of sp³-hybridized carbons (Fsp3) is 0.310. The Kier molecular flexibility index (Phi) is 9.85. The van der Waals surface area contributed by atoms with E-state index in [1.807, 2.05) is 45.0 Å². The fourth-order valence-electron chi connectivity index (χ4n) is 3.97. The lowest BCUT2D eigenvalue weighted by molar-refractivity contribution is -0.140. The summed E-state index contributed by atoms with van der Waals surface area (Å²) < 4.78 is 29.7. The Morgan fingerprint density at radius 2 is 1.62 bits per heavy atom. The van der Waals surface area contributed by atoms with E-state index in [2.05, 4.69) is 21.2 Å². The summed E-state index contributed by atoms with van der Waals surface area (Å²) in [5.41, 5.74) is 1.20. The lowest BCUT2D eigenvalue weighted by atomic mass is 10.1. The summed E-state index contributed by atoms with van der Waals surface area (Å²) in [5.74, 6) is -0.864. The number of nitrogens with zero attached hydrogens (tertiary/aromatic N) is 2. The van der Waals surface area contributed by atoms with Crippen LogP contribution in [0.5, 0.6) is 0 Å². The minimum absolute atomic E-state index is 0.0464. The molecule has 0 aliphatic carbocycles. The summed E-state index contributed by atoms with van der Waals surface area (Å²) in [7, 11) is -4.14. The minimum Gasteiger partial charge on any atom is -0.350 e. The molecule has 0 spiro atoms. The predicted octanol–water partition coefficient (Wildman–Crippen LogP) is 5.94. The van der Waals surface area contributed by atoms with E-state index in [0.29, 0.717) is 16.3 Å². The first-order valence-electron chi connectivity index (χ1n) is 12.4. The summed E-state index contributed by atoms with van der Waals surface area (Å²) in [5, 5.41) is 3.37. The van der Waals surface area contributed by atoms with Crippen molar-refractivity contribution in [1.29, 1.82) is 0 Å². The maximum atomic E-state index is 14.0. The molecule has 10 heteroatoms. The molecule has 39 heavy (non-hydrogen) atoms. The summed E-state index contributed by atoms with van der Waals surface area (Å²) in [4.78, 5) is 28.6. The Labute approximate surface area is 244 Å². The third kappa shape index (κ3) is 8.06. The van der Waals surface area contributed by atoms with Crippen LogP contribution < -0.4 is 9.62 Å². The Morgan fingerprint density at radius 1 is 1.00 bits per heavy atom. The molecule has 3 rings (SSSR count). The first-order valence-corrected chi connectivity index (χ1v) is 15.0. The molecule has 0 heterocycles. The van der Waals surface area contributed by atoms with Gasteiger partial charge in [-0.3, -0.25) is 13.9 Å². The predicted molar refractivity (Wildman–Crippen MR) is 159 cm³/mol. The molecule has 0 saturated heterocycles. The van der Waals surface area contributed by atoms with E-state index in [-0.39, 0.29) is 17.3 Å². The average molecular weight is 635 g/mol. The number of halogens is 2. The van der Waals surface area contributed by atoms with Crippen LogP contribution in [-0.4, -0.2) is 43.3 Å². The molecular formula is C29H33BrClN3O4S. The number of anilines is 1. The van der Waals surface area contributed by atoms with Crippen molar-refractivity contribution < 1.29 is 18.0 Å². The van der Waals surface area contributed by atoms with Gasteiger partial charge in [0.15, 0.2) is 0 Å². The van der Waals surface area contributed by atoms with Gasteiger partial charge in [-0.15, -0.1) is 0 Å². The molecule has 0 radical (unpaired) electrons. The molecule has 1 atom stereocenters. The number of benzene rings is 3. The quantitative estimate of drug-likeness (QED) is 0.316.